The van der Waals surface area contributed by atoms with Gasteiger partial charge in [-0.15, -0.1) is 6.58 Å². The second kappa shape index (κ2) is 6.20. The molecule has 0 aromatic heterocycles. The number of hydrogen-bond donors (Lipinski definition) is 1. The predicted molar refractivity (Wildman–Crippen MR) is 58.6 cm³/mol. The van der Waals surface area contributed by atoms with Gasteiger partial charge in [-0.05, 0) is 24.2 Å². The number of rotatable bonds is 6. The van der Waals surface area contributed by atoms with Crippen molar-refractivity contribution in [2.24, 2.45) is 17.8 Å². The molecule has 0 rings (SSSR count). The minimum atomic E-state index is -0.230. The van der Waals surface area contributed by atoms with Gasteiger partial charge in [0.1, 0.15) is 0 Å². The first-order valence-corrected chi connectivity index (χ1v) is 5.33. The highest BCUT2D eigenvalue weighted by atomic mass is 16.3. The van der Waals surface area contributed by atoms with Crippen molar-refractivity contribution in [1.29, 1.82) is 0 Å². The molecule has 0 aromatic rings. The van der Waals surface area contributed by atoms with Crippen molar-refractivity contribution in [3.63, 3.8) is 0 Å². The molecule has 0 aliphatic rings. The summed E-state index contributed by atoms with van der Waals surface area (Å²) in [5, 5.41) is 9.86. The Morgan fingerprint density at radius 1 is 1.31 bits per heavy atom. The molecule has 1 nitrogen and oxygen atoms in total. The lowest BCUT2D eigenvalue weighted by Crippen LogP contribution is -2.25. The Balaban J connectivity index is 3.94. The van der Waals surface area contributed by atoms with Crippen molar-refractivity contribution >= 4 is 0 Å². The van der Waals surface area contributed by atoms with Gasteiger partial charge < -0.3 is 5.11 Å². The number of aliphatic hydroxyl groups is 1. The molecule has 0 amide bonds. The van der Waals surface area contributed by atoms with E-state index in [1.165, 1.54) is 6.42 Å². The molecule has 0 saturated heterocycles. The van der Waals surface area contributed by atoms with Crippen LogP contribution in [0.15, 0.2) is 12.7 Å². The molecule has 1 N–H and O–H groups in total. The van der Waals surface area contributed by atoms with Gasteiger partial charge in [-0.3, -0.25) is 0 Å². The van der Waals surface area contributed by atoms with E-state index in [0.29, 0.717) is 11.8 Å². The SMILES string of the molecule is C=C[C@@H](C)[C@@H](O)[C@H](C)C[C@H](C)CC. The van der Waals surface area contributed by atoms with Gasteiger partial charge >= 0.3 is 0 Å². The molecule has 0 unspecified atom stereocenters. The molecule has 0 saturated carbocycles. The summed E-state index contributed by atoms with van der Waals surface area (Å²) >= 11 is 0. The van der Waals surface area contributed by atoms with Gasteiger partial charge in [0, 0.05) is 0 Å². The summed E-state index contributed by atoms with van der Waals surface area (Å²) in [6, 6.07) is 0. The van der Waals surface area contributed by atoms with Gasteiger partial charge in [-0.25, -0.2) is 0 Å². The monoisotopic (exact) mass is 184 g/mol. The van der Waals surface area contributed by atoms with Crippen LogP contribution in [0.1, 0.15) is 40.5 Å². The third-order valence-electron chi connectivity index (χ3n) is 2.96. The van der Waals surface area contributed by atoms with Crippen molar-refractivity contribution in [1.82, 2.24) is 0 Å². The zero-order chi connectivity index (χ0) is 10.4. The summed E-state index contributed by atoms with van der Waals surface area (Å²) in [4.78, 5) is 0. The molecule has 4 atom stereocenters. The van der Waals surface area contributed by atoms with E-state index < -0.39 is 0 Å². The average Bonchev–Trinajstić information content (AvgIpc) is 2.14. The van der Waals surface area contributed by atoms with Gasteiger partial charge in [-0.1, -0.05) is 40.2 Å². The Kier molecular flexibility index (Phi) is 6.06. The summed E-state index contributed by atoms with van der Waals surface area (Å²) in [5.41, 5.74) is 0. The lowest BCUT2D eigenvalue weighted by molar-refractivity contribution is 0.0716. The molecule has 0 heterocycles. The minimum Gasteiger partial charge on any atom is -0.392 e. The third-order valence-corrected chi connectivity index (χ3v) is 2.96. The second-order valence-electron chi connectivity index (χ2n) is 4.31. The van der Waals surface area contributed by atoms with E-state index in [4.69, 9.17) is 0 Å². The van der Waals surface area contributed by atoms with Crippen LogP contribution in [-0.2, 0) is 0 Å². The van der Waals surface area contributed by atoms with E-state index in [1.54, 1.807) is 0 Å². The van der Waals surface area contributed by atoms with Crippen molar-refractivity contribution in [2.75, 3.05) is 0 Å². The smallest absolute Gasteiger partial charge is 0.0625 e. The van der Waals surface area contributed by atoms with E-state index in [2.05, 4.69) is 27.4 Å². The molecule has 0 spiro atoms. The van der Waals surface area contributed by atoms with Crippen LogP contribution in [0.2, 0.25) is 0 Å². The van der Waals surface area contributed by atoms with Crippen LogP contribution in [-0.4, -0.2) is 11.2 Å². The second-order valence-corrected chi connectivity index (χ2v) is 4.31. The Bertz CT molecular complexity index is 142. The maximum Gasteiger partial charge on any atom is 0.0625 e. The molecule has 78 valence electrons. The van der Waals surface area contributed by atoms with Gasteiger partial charge in [0.15, 0.2) is 0 Å². The highest BCUT2D eigenvalue weighted by molar-refractivity contribution is 4.84. The fourth-order valence-corrected chi connectivity index (χ4v) is 1.60. The molecule has 13 heavy (non-hydrogen) atoms. The van der Waals surface area contributed by atoms with Crippen LogP contribution >= 0.6 is 0 Å². The van der Waals surface area contributed by atoms with E-state index in [1.807, 2.05) is 13.0 Å². The molecular formula is C12H24O. The predicted octanol–water partition coefficient (Wildman–Crippen LogP) is 3.24. The van der Waals surface area contributed by atoms with E-state index in [9.17, 15) is 5.11 Å². The third kappa shape index (κ3) is 4.47. The zero-order valence-electron chi connectivity index (χ0n) is 9.46. The Morgan fingerprint density at radius 3 is 2.23 bits per heavy atom. The van der Waals surface area contributed by atoms with Crippen LogP contribution < -0.4 is 0 Å². The molecule has 0 aliphatic carbocycles. The number of aliphatic hydroxyl groups excluding tert-OH is 1. The summed E-state index contributed by atoms with van der Waals surface area (Å²) in [6.07, 6.45) is 3.90. The van der Waals surface area contributed by atoms with E-state index in [0.717, 1.165) is 6.42 Å². The van der Waals surface area contributed by atoms with Crippen molar-refractivity contribution < 1.29 is 5.11 Å². The standard InChI is InChI=1S/C12H24O/c1-6-9(3)8-11(5)12(13)10(4)7-2/h7,9-13H,2,6,8H2,1,3-5H3/t9-,10-,11-,12-/m1/s1. The lowest BCUT2D eigenvalue weighted by Gasteiger charge is -2.24. The molecule has 0 bridgehead atoms. The van der Waals surface area contributed by atoms with Crippen LogP contribution in [0.5, 0.6) is 0 Å². The quantitative estimate of drug-likeness (QED) is 0.628. The first kappa shape index (κ1) is 12.7. The van der Waals surface area contributed by atoms with Crippen LogP contribution in [0.25, 0.3) is 0 Å². The zero-order valence-corrected chi connectivity index (χ0v) is 9.46. The van der Waals surface area contributed by atoms with E-state index in [-0.39, 0.29) is 12.0 Å². The Morgan fingerprint density at radius 2 is 1.85 bits per heavy atom. The van der Waals surface area contributed by atoms with Crippen LogP contribution in [0.4, 0.5) is 0 Å². The molecule has 0 aliphatic heterocycles. The topological polar surface area (TPSA) is 20.2 Å². The molecule has 0 radical (unpaired) electrons. The fourth-order valence-electron chi connectivity index (χ4n) is 1.60. The van der Waals surface area contributed by atoms with Crippen LogP contribution in [0, 0.1) is 17.8 Å². The molecule has 1 heteroatoms. The van der Waals surface area contributed by atoms with Crippen molar-refractivity contribution in [3.05, 3.63) is 12.7 Å². The summed E-state index contributed by atoms with van der Waals surface area (Å²) in [6.45, 7) is 12.3. The Labute approximate surface area is 82.9 Å². The average molecular weight is 184 g/mol. The molecule has 0 fully saturated rings. The first-order chi connectivity index (χ1) is 6.02. The maximum atomic E-state index is 9.86. The summed E-state index contributed by atoms with van der Waals surface area (Å²) < 4.78 is 0. The number of hydrogen-bond acceptors (Lipinski definition) is 1. The van der Waals surface area contributed by atoms with Crippen molar-refractivity contribution in [2.45, 2.75) is 46.6 Å². The lowest BCUT2D eigenvalue weighted by atomic mass is 9.86. The summed E-state index contributed by atoms with van der Waals surface area (Å²) in [5.74, 6) is 1.30. The normalized spacial score (nSPS) is 20.4. The Hall–Kier alpha value is -0.300. The van der Waals surface area contributed by atoms with Crippen LogP contribution in [0.3, 0.4) is 0 Å². The molecule has 0 aromatic carbocycles. The largest absolute Gasteiger partial charge is 0.392 e. The summed E-state index contributed by atoms with van der Waals surface area (Å²) in [7, 11) is 0. The first-order valence-electron chi connectivity index (χ1n) is 5.33. The maximum absolute atomic E-state index is 9.86. The van der Waals surface area contributed by atoms with Gasteiger partial charge in [0.25, 0.3) is 0 Å². The highest BCUT2D eigenvalue weighted by Gasteiger charge is 2.20. The minimum absolute atomic E-state index is 0.207. The highest BCUT2D eigenvalue weighted by Crippen LogP contribution is 2.22. The van der Waals surface area contributed by atoms with Gasteiger partial charge in [0.2, 0.25) is 0 Å². The van der Waals surface area contributed by atoms with E-state index >= 15 is 0 Å². The van der Waals surface area contributed by atoms with Crippen molar-refractivity contribution in [3.8, 4) is 0 Å². The van der Waals surface area contributed by atoms with Gasteiger partial charge in [0.05, 0.1) is 6.10 Å². The van der Waals surface area contributed by atoms with Gasteiger partial charge in [-0.2, -0.15) is 0 Å². The fraction of sp³-hybridized carbons (Fsp3) is 0.833. The molecular weight excluding hydrogens is 160 g/mol.